The first kappa shape index (κ1) is 26.3. The molecule has 0 aliphatic heterocycles. The second-order valence-electron chi connectivity index (χ2n) is 10.7. The van der Waals surface area contributed by atoms with Crippen LogP contribution in [0.4, 0.5) is 5.69 Å². The van der Waals surface area contributed by atoms with E-state index in [-0.39, 0.29) is 35.2 Å². The molecule has 4 atom stereocenters. The van der Waals surface area contributed by atoms with E-state index in [1.165, 1.54) is 36.0 Å². The van der Waals surface area contributed by atoms with Crippen molar-refractivity contribution in [2.45, 2.75) is 24.5 Å². The lowest BCUT2D eigenvalue weighted by Gasteiger charge is -2.50. The number of nitrogens with zero attached hydrogens (tertiary/aromatic N) is 2. The van der Waals surface area contributed by atoms with Crippen molar-refractivity contribution in [2.24, 2.45) is 17.6 Å². The third kappa shape index (κ3) is 3.21. The third-order valence-electron chi connectivity index (χ3n) is 8.21. The number of phenols is 1. The molecular formula is C27H27N3O9. The largest absolute Gasteiger partial charge is 0.508 e. The Labute approximate surface area is 221 Å². The molecule has 12 nitrogen and oxygen atoms in total. The topological polar surface area (TPSA) is 199 Å². The maximum Gasteiger partial charge on any atom is 0.255 e. The minimum atomic E-state index is -2.74. The molecule has 6 N–H and O–H groups in total. The van der Waals surface area contributed by atoms with E-state index in [1.807, 2.05) is 0 Å². The molecule has 0 bridgehead atoms. The third-order valence-corrected chi connectivity index (χ3v) is 8.21. The molecule has 0 heterocycles. The fourth-order valence-corrected chi connectivity index (χ4v) is 6.53. The first-order chi connectivity index (χ1) is 18.2. The first-order valence-corrected chi connectivity index (χ1v) is 12.2. The number of rotatable bonds is 4. The number of carbonyl (C=O) groups is 3. The number of primary amides is 1. The summed E-state index contributed by atoms with van der Waals surface area (Å²) in [5.74, 6) is -7.57. The summed E-state index contributed by atoms with van der Waals surface area (Å²) in [5, 5.41) is 44.6. The zero-order valence-corrected chi connectivity index (χ0v) is 21.6. The number of aliphatic hydroxyl groups excluding tert-OH is 2. The van der Waals surface area contributed by atoms with Gasteiger partial charge in [-0.05, 0) is 50.0 Å². The molecule has 39 heavy (non-hydrogen) atoms. The van der Waals surface area contributed by atoms with Crippen LogP contribution in [0.15, 0.2) is 38.6 Å². The summed E-state index contributed by atoms with van der Waals surface area (Å²) in [6, 6.07) is 1.47. The molecule has 0 saturated heterocycles. The number of anilines is 1. The molecule has 0 radical (unpaired) electrons. The van der Waals surface area contributed by atoms with Crippen molar-refractivity contribution >= 4 is 28.9 Å². The quantitative estimate of drug-likeness (QED) is 0.244. The summed E-state index contributed by atoms with van der Waals surface area (Å²) >= 11 is 0. The number of hydrogen-bond donors (Lipinski definition) is 5. The van der Waals surface area contributed by atoms with Gasteiger partial charge >= 0.3 is 0 Å². The van der Waals surface area contributed by atoms with Gasteiger partial charge < -0.3 is 31.1 Å². The summed E-state index contributed by atoms with van der Waals surface area (Å²) < 4.78 is 0. The van der Waals surface area contributed by atoms with Crippen molar-refractivity contribution in [3.05, 3.63) is 60.6 Å². The van der Waals surface area contributed by atoms with Crippen LogP contribution in [0.3, 0.4) is 0 Å². The highest BCUT2D eigenvalue weighted by Gasteiger charge is 2.64. The number of hydrogen-bond acceptors (Lipinski definition) is 11. The summed E-state index contributed by atoms with van der Waals surface area (Å²) in [5.41, 5.74) is 0.736. The molecule has 3 aliphatic rings. The van der Waals surface area contributed by atoms with Crippen LogP contribution in [0, 0.1) is 11.8 Å². The van der Waals surface area contributed by atoms with E-state index >= 15 is 0 Å². The fourth-order valence-electron chi connectivity index (χ4n) is 6.53. The average Bonchev–Trinajstić information content (AvgIpc) is 2.84. The molecule has 1 amide bonds. The number of nitrogens with two attached hydrogens (primary N) is 1. The lowest BCUT2D eigenvalue weighted by Crippen LogP contribution is -2.65. The van der Waals surface area contributed by atoms with Gasteiger partial charge in [-0.3, -0.25) is 28.9 Å². The van der Waals surface area contributed by atoms with Crippen LogP contribution in [0.1, 0.15) is 17.5 Å². The summed E-state index contributed by atoms with van der Waals surface area (Å²) in [7, 11) is 6.23. The Bertz CT molecular complexity index is 1640. The molecule has 0 unspecified atom stereocenters. The van der Waals surface area contributed by atoms with Gasteiger partial charge in [-0.1, -0.05) is 6.07 Å². The second-order valence-corrected chi connectivity index (χ2v) is 10.7. The Morgan fingerprint density at radius 3 is 2.21 bits per heavy atom. The highest BCUT2D eigenvalue weighted by Crippen LogP contribution is 2.53. The van der Waals surface area contributed by atoms with Gasteiger partial charge in [0.25, 0.3) is 5.91 Å². The Kier molecular flexibility index (Phi) is 5.64. The molecule has 5 rings (SSSR count). The van der Waals surface area contributed by atoms with Gasteiger partial charge in [0.1, 0.15) is 28.5 Å². The lowest BCUT2D eigenvalue weighted by molar-refractivity contribution is -0.153. The van der Waals surface area contributed by atoms with Gasteiger partial charge in [-0.15, -0.1) is 0 Å². The van der Waals surface area contributed by atoms with Crippen LogP contribution >= 0.6 is 0 Å². The van der Waals surface area contributed by atoms with Crippen molar-refractivity contribution in [2.75, 3.05) is 33.1 Å². The van der Waals surface area contributed by atoms with Crippen LogP contribution in [0.5, 0.6) is 5.75 Å². The number of aliphatic hydroxyl groups is 3. The van der Waals surface area contributed by atoms with Gasteiger partial charge in [0.15, 0.2) is 11.4 Å². The second kappa shape index (κ2) is 8.35. The van der Waals surface area contributed by atoms with Crippen molar-refractivity contribution in [1.29, 1.82) is 0 Å². The fraction of sp³-hybridized carbons (Fsp3) is 0.370. The van der Waals surface area contributed by atoms with Crippen LogP contribution in [0.2, 0.25) is 0 Å². The van der Waals surface area contributed by atoms with Gasteiger partial charge in [0, 0.05) is 25.6 Å². The normalized spacial score (nSPS) is 26.6. The number of ketones is 2. The van der Waals surface area contributed by atoms with E-state index in [4.69, 9.17) is 5.73 Å². The van der Waals surface area contributed by atoms with Crippen molar-refractivity contribution in [1.82, 2.24) is 4.90 Å². The summed E-state index contributed by atoms with van der Waals surface area (Å²) in [6.45, 7) is 0. The maximum atomic E-state index is 13.9. The zero-order valence-electron chi connectivity index (χ0n) is 21.6. The molecule has 2 aromatic carbocycles. The molecule has 2 aromatic rings. The number of likely N-dealkylation sites (N-methyl/N-ethyl adjacent to an activating group) is 1. The molecule has 0 spiro atoms. The molecule has 12 heteroatoms. The van der Waals surface area contributed by atoms with E-state index in [0.717, 1.165) is 0 Å². The number of fused-ring (bicyclic) bond motifs is 3. The Balaban J connectivity index is 1.76. The molecular weight excluding hydrogens is 510 g/mol. The minimum Gasteiger partial charge on any atom is -0.508 e. The molecule has 1 fully saturated rings. The maximum absolute atomic E-state index is 13.9. The number of benzene rings is 1. The average molecular weight is 538 g/mol. The molecule has 3 aliphatic carbocycles. The van der Waals surface area contributed by atoms with Crippen LogP contribution in [0.25, 0.3) is 16.9 Å². The predicted octanol–water partition coefficient (Wildman–Crippen LogP) is -0.707. The molecule has 1 saturated carbocycles. The Hall–Kier alpha value is -4.29. The Morgan fingerprint density at radius 2 is 1.64 bits per heavy atom. The van der Waals surface area contributed by atoms with Gasteiger partial charge in [0.2, 0.25) is 16.6 Å². The number of phenolic OH excluding ortho intramolecular Hbond substituents is 1. The van der Waals surface area contributed by atoms with Gasteiger partial charge in [-0.2, -0.15) is 0 Å². The molecule has 204 valence electrons. The minimum absolute atomic E-state index is 0.00392. The predicted molar refractivity (Wildman–Crippen MR) is 139 cm³/mol. The van der Waals surface area contributed by atoms with E-state index < -0.39 is 74.7 Å². The van der Waals surface area contributed by atoms with Crippen LogP contribution in [-0.2, 0) is 20.8 Å². The van der Waals surface area contributed by atoms with Crippen molar-refractivity contribution in [3.63, 3.8) is 0 Å². The van der Waals surface area contributed by atoms with E-state index in [1.54, 1.807) is 14.1 Å². The summed E-state index contributed by atoms with van der Waals surface area (Å²) in [4.78, 5) is 66.9. The SMILES string of the molecule is CN(C)c1c(-c2ccc(O)c3c2C[C@H]2C[C@H]4[C@H](N(C)C)C(=O)C(C(N)=O)=C(O)[C@@]4(O)C(=O)C2=C3O)c(=O)c1=O. The molecule has 0 aromatic heterocycles. The number of carbonyl (C=O) groups excluding carboxylic acids is 3. The Morgan fingerprint density at radius 1 is 1.00 bits per heavy atom. The van der Waals surface area contributed by atoms with Crippen LogP contribution < -0.4 is 21.5 Å². The standard InChI is InChI=1S/C27H27N3O9/c1-29(2)18-12-8-9-7-11-10(16-19(30(3)4)23(35)22(16)34)5-6-13(31)15(11)20(32)14(9)24(36)27(12,39)25(37)17(21(18)33)26(28)38/h5-6,9,12,18,31-32,37,39H,7-8H2,1-4H3,(H2,28,38)/t9-,12-,18-,27-/m0/s1. The van der Waals surface area contributed by atoms with Gasteiger partial charge in [-0.25, -0.2) is 0 Å². The number of amides is 1. The van der Waals surface area contributed by atoms with Gasteiger partial charge in [0.05, 0.1) is 17.2 Å². The first-order valence-electron chi connectivity index (χ1n) is 12.2. The zero-order chi connectivity index (χ0) is 28.9. The lowest BCUT2D eigenvalue weighted by atomic mass is 9.57. The monoisotopic (exact) mass is 537 g/mol. The van der Waals surface area contributed by atoms with Crippen molar-refractivity contribution in [3.8, 4) is 16.9 Å². The van der Waals surface area contributed by atoms with E-state index in [0.29, 0.717) is 11.1 Å². The van der Waals surface area contributed by atoms with E-state index in [9.17, 15) is 44.4 Å². The highest BCUT2D eigenvalue weighted by molar-refractivity contribution is 6.24. The number of aromatic hydroxyl groups is 1. The number of Topliss-reactive ketones (excluding diaryl/α,β-unsaturated/α-hetero) is 2. The smallest absolute Gasteiger partial charge is 0.255 e. The van der Waals surface area contributed by atoms with Crippen molar-refractivity contribution < 1.29 is 34.8 Å². The highest BCUT2D eigenvalue weighted by atomic mass is 16.3. The van der Waals surface area contributed by atoms with Crippen LogP contribution in [-0.4, -0.2) is 82.6 Å². The van der Waals surface area contributed by atoms with E-state index in [2.05, 4.69) is 0 Å². The summed E-state index contributed by atoms with van der Waals surface area (Å²) in [6.07, 6.45) is -0.0860.